The van der Waals surface area contributed by atoms with Crippen molar-refractivity contribution in [3.8, 4) is 11.4 Å². The maximum absolute atomic E-state index is 13.0. The van der Waals surface area contributed by atoms with Crippen LogP contribution in [0.1, 0.15) is 48.3 Å². The number of aromatic hydroxyl groups is 1. The van der Waals surface area contributed by atoms with Crippen LogP contribution in [0.25, 0.3) is 5.69 Å². The average molecular weight is 685 g/mol. The number of aromatic nitrogens is 4. The lowest BCUT2D eigenvalue weighted by Crippen LogP contribution is -2.48. The van der Waals surface area contributed by atoms with Crippen LogP contribution < -0.4 is 5.32 Å². The number of ether oxygens (including phenoxy) is 2. The standard InChI is InChI=1S/C32H31F3N6O6S/c33-32(34,35)30(45)40-15-1-2-26(40)28(44)36-22-9-7-21(8-10-22)29-46-25(16-27(47-29)20-5-3-19(17-42)4-6-20)18-48-31-37-38-39-41(31)23-11-13-24(43)14-12-23/h3-14,25-27,29,42-43H,1-2,15-18H2,(H,36,44). The molecule has 0 spiro atoms. The Morgan fingerprint density at radius 3 is 2.38 bits per heavy atom. The summed E-state index contributed by atoms with van der Waals surface area (Å²) in [5.74, 6) is -2.13. The minimum absolute atomic E-state index is 0.0904. The highest BCUT2D eigenvalue weighted by atomic mass is 32.2. The average Bonchev–Trinajstić information content (AvgIpc) is 3.78. The van der Waals surface area contributed by atoms with Crippen LogP contribution in [-0.2, 0) is 25.7 Å². The molecule has 0 aliphatic carbocycles. The Bertz CT molecular complexity index is 1720. The number of carbonyl (C=O) groups excluding carboxylic acids is 2. The van der Waals surface area contributed by atoms with E-state index in [1.54, 1.807) is 53.2 Å². The molecule has 2 saturated heterocycles. The summed E-state index contributed by atoms with van der Waals surface area (Å²) in [6.45, 7) is -0.229. The molecule has 1 aromatic heterocycles. The summed E-state index contributed by atoms with van der Waals surface area (Å²) >= 11 is 1.39. The number of aliphatic hydroxyl groups is 1. The van der Waals surface area contributed by atoms with Crippen molar-refractivity contribution >= 4 is 29.3 Å². The van der Waals surface area contributed by atoms with Crippen molar-refractivity contribution in [1.82, 2.24) is 25.1 Å². The zero-order valence-electron chi connectivity index (χ0n) is 25.3. The number of nitrogens with one attached hydrogen (secondary N) is 1. The molecule has 2 aliphatic rings. The first-order valence-corrected chi connectivity index (χ1v) is 16.1. The minimum atomic E-state index is -5.05. The zero-order chi connectivity index (χ0) is 33.8. The highest BCUT2D eigenvalue weighted by Crippen LogP contribution is 2.40. The molecule has 6 rings (SSSR count). The van der Waals surface area contributed by atoms with E-state index >= 15 is 0 Å². The summed E-state index contributed by atoms with van der Waals surface area (Å²) in [6.07, 6.45) is -5.61. The van der Waals surface area contributed by atoms with Crippen molar-refractivity contribution < 1.29 is 42.4 Å². The van der Waals surface area contributed by atoms with Crippen LogP contribution in [0.15, 0.2) is 78.0 Å². The number of rotatable bonds is 9. The second-order valence-corrected chi connectivity index (χ2v) is 12.3. The first-order chi connectivity index (χ1) is 23.1. The molecule has 0 radical (unpaired) electrons. The summed E-state index contributed by atoms with van der Waals surface area (Å²) < 4.78 is 53.4. The van der Waals surface area contributed by atoms with E-state index in [9.17, 15) is 33.0 Å². The van der Waals surface area contributed by atoms with Crippen molar-refractivity contribution in [1.29, 1.82) is 0 Å². The Labute approximate surface area is 276 Å². The summed E-state index contributed by atoms with van der Waals surface area (Å²) in [6, 6.07) is 19.3. The van der Waals surface area contributed by atoms with Crippen LogP contribution in [0.3, 0.4) is 0 Å². The normalized spacial score (nSPS) is 21.3. The Morgan fingerprint density at radius 1 is 0.979 bits per heavy atom. The van der Waals surface area contributed by atoms with E-state index in [0.717, 1.165) is 11.1 Å². The van der Waals surface area contributed by atoms with Crippen molar-refractivity contribution in [2.75, 3.05) is 17.6 Å². The molecule has 16 heteroatoms. The highest BCUT2D eigenvalue weighted by Gasteiger charge is 2.47. The summed E-state index contributed by atoms with van der Waals surface area (Å²) in [7, 11) is 0. The largest absolute Gasteiger partial charge is 0.508 e. The van der Waals surface area contributed by atoms with Gasteiger partial charge in [0.05, 0.1) is 24.5 Å². The monoisotopic (exact) mass is 684 g/mol. The van der Waals surface area contributed by atoms with Gasteiger partial charge in [0, 0.05) is 30.0 Å². The number of hydrogen-bond donors (Lipinski definition) is 3. The number of amides is 2. The third kappa shape index (κ3) is 7.62. The number of benzene rings is 3. The van der Waals surface area contributed by atoms with E-state index in [4.69, 9.17) is 9.47 Å². The fourth-order valence-electron chi connectivity index (χ4n) is 5.61. The number of tetrazole rings is 1. The van der Waals surface area contributed by atoms with E-state index in [0.29, 0.717) is 45.6 Å². The smallest absolute Gasteiger partial charge is 0.471 e. The molecule has 3 heterocycles. The number of likely N-dealkylation sites (tertiary alicyclic amines) is 1. The van der Waals surface area contributed by atoms with Crippen molar-refractivity contribution in [2.24, 2.45) is 0 Å². The number of alkyl halides is 3. The number of phenols is 1. The lowest BCUT2D eigenvalue weighted by molar-refractivity contribution is -0.245. The Morgan fingerprint density at radius 2 is 1.69 bits per heavy atom. The quantitative estimate of drug-likeness (QED) is 0.212. The Balaban J connectivity index is 1.16. The number of hydrogen-bond acceptors (Lipinski definition) is 10. The number of carbonyl (C=O) groups is 2. The first kappa shape index (κ1) is 33.4. The first-order valence-electron chi connectivity index (χ1n) is 15.1. The van der Waals surface area contributed by atoms with Crippen LogP contribution in [0.5, 0.6) is 5.75 Å². The van der Waals surface area contributed by atoms with Crippen LogP contribution in [-0.4, -0.2) is 77.8 Å². The van der Waals surface area contributed by atoms with Gasteiger partial charge in [0.1, 0.15) is 11.8 Å². The molecule has 4 atom stereocenters. The van der Waals surface area contributed by atoms with Gasteiger partial charge in [0.2, 0.25) is 11.1 Å². The Hall–Kier alpha value is -4.51. The molecule has 4 aromatic rings. The molecule has 12 nitrogen and oxygen atoms in total. The summed E-state index contributed by atoms with van der Waals surface area (Å²) in [5, 5.41) is 34.3. The Kier molecular flexibility index (Phi) is 9.96. The predicted octanol–water partition coefficient (Wildman–Crippen LogP) is 4.69. The lowest BCUT2D eigenvalue weighted by atomic mass is 10.0. The van der Waals surface area contributed by atoms with Crippen LogP contribution >= 0.6 is 11.8 Å². The fraction of sp³-hybridized carbons (Fsp3) is 0.344. The third-order valence-electron chi connectivity index (χ3n) is 8.06. The molecule has 2 aliphatic heterocycles. The minimum Gasteiger partial charge on any atom is -0.508 e. The topological polar surface area (TPSA) is 152 Å². The van der Waals surface area contributed by atoms with Gasteiger partial charge in [-0.05, 0) is 70.8 Å². The van der Waals surface area contributed by atoms with Crippen LogP contribution in [0.2, 0.25) is 0 Å². The van der Waals surface area contributed by atoms with Gasteiger partial charge < -0.3 is 29.9 Å². The zero-order valence-corrected chi connectivity index (χ0v) is 26.1. The molecule has 3 N–H and O–H groups in total. The SMILES string of the molecule is O=C(Nc1ccc(C2OC(CSc3nnnn3-c3ccc(O)cc3)CC(c3ccc(CO)cc3)O2)cc1)C1CCCN1C(=O)C(F)(F)F. The lowest BCUT2D eigenvalue weighted by Gasteiger charge is -2.36. The van der Waals surface area contributed by atoms with E-state index in [2.05, 4.69) is 20.8 Å². The summed E-state index contributed by atoms with van der Waals surface area (Å²) in [5.41, 5.74) is 3.31. The van der Waals surface area contributed by atoms with E-state index < -0.39 is 30.3 Å². The molecule has 0 bridgehead atoms. The van der Waals surface area contributed by atoms with E-state index in [-0.39, 0.29) is 37.5 Å². The van der Waals surface area contributed by atoms with E-state index in [1.807, 2.05) is 24.3 Å². The van der Waals surface area contributed by atoms with Gasteiger partial charge in [-0.25, -0.2) is 0 Å². The third-order valence-corrected chi connectivity index (χ3v) is 9.11. The van der Waals surface area contributed by atoms with Gasteiger partial charge in [0.15, 0.2) is 6.29 Å². The number of nitrogens with zero attached hydrogens (tertiary/aromatic N) is 5. The molecule has 0 saturated carbocycles. The molecule has 252 valence electrons. The van der Waals surface area contributed by atoms with Gasteiger partial charge in [-0.2, -0.15) is 17.9 Å². The van der Waals surface area contributed by atoms with Crippen molar-refractivity contribution in [3.05, 3.63) is 89.5 Å². The number of halogens is 3. The van der Waals surface area contributed by atoms with E-state index in [1.165, 1.54) is 11.8 Å². The second-order valence-electron chi connectivity index (χ2n) is 11.3. The fourth-order valence-corrected chi connectivity index (χ4v) is 6.52. The van der Waals surface area contributed by atoms with Crippen LogP contribution in [0, 0.1) is 0 Å². The molecule has 4 unspecified atom stereocenters. The van der Waals surface area contributed by atoms with Gasteiger partial charge in [-0.1, -0.05) is 48.2 Å². The summed E-state index contributed by atoms with van der Waals surface area (Å²) in [4.78, 5) is 25.2. The maximum atomic E-state index is 13.0. The molecule has 2 fully saturated rings. The maximum Gasteiger partial charge on any atom is 0.471 e. The van der Waals surface area contributed by atoms with Crippen molar-refractivity contribution in [2.45, 2.75) is 61.7 Å². The van der Waals surface area contributed by atoms with Gasteiger partial charge in [0.25, 0.3) is 0 Å². The molecular formula is C32H31F3N6O6S. The number of aliphatic hydroxyl groups excluding tert-OH is 1. The molecule has 48 heavy (non-hydrogen) atoms. The predicted molar refractivity (Wildman–Crippen MR) is 166 cm³/mol. The van der Waals surface area contributed by atoms with Gasteiger partial charge >= 0.3 is 12.1 Å². The van der Waals surface area contributed by atoms with Crippen LogP contribution in [0.4, 0.5) is 18.9 Å². The van der Waals surface area contributed by atoms with Gasteiger partial charge in [-0.3, -0.25) is 9.59 Å². The van der Waals surface area contributed by atoms with Gasteiger partial charge in [-0.15, -0.1) is 5.10 Å². The number of phenolic OH excluding ortho intramolecular Hbond substituents is 1. The van der Waals surface area contributed by atoms with Crippen molar-refractivity contribution in [3.63, 3.8) is 0 Å². The highest BCUT2D eigenvalue weighted by molar-refractivity contribution is 7.99. The second kappa shape index (κ2) is 14.3. The molecule has 2 amide bonds. The molecule has 3 aromatic carbocycles. The molecular weight excluding hydrogens is 653 g/mol. The number of anilines is 1. The number of thioether (sulfide) groups is 1.